The Hall–Kier alpha value is -2.90. The zero-order valence-electron chi connectivity index (χ0n) is 15.0. The van der Waals surface area contributed by atoms with Crippen molar-refractivity contribution >= 4 is 18.4 Å². The molecule has 1 aromatic carbocycles. The van der Waals surface area contributed by atoms with E-state index in [0.717, 1.165) is 35.6 Å². The average molecular weight is 336 g/mol. The third-order valence-electron chi connectivity index (χ3n) is 3.48. The number of aldehydes is 1. The van der Waals surface area contributed by atoms with Gasteiger partial charge in [0, 0.05) is 36.4 Å². The first kappa shape index (κ1) is 20.1. The molecule has 0 aliphatic heterocycles. The smallest absolute Gasteiger partial charge is 0.150 e. The van der Waals surface area contributed by atoms with Gasteiger partial charge in [-0.2, -0.15) is 5.26 Å². The topological polar surface area (TPSA) is 55.0 Å². The Labute approximate surface area is 149 Å². The predicted octanol–water partition coefficient (Wildman–Crippen LogP) is 2.97. The monoisotopic (exact) mass is 336 g/mol. The van der Waals surface area contributed by atoms with E-state index in [0.29, 0.717) is 11.1 Å². The van der Waals surface area contributed by atoms with E-state index in [1.54, 1.807) is 25.3 Å². The lowest BCUT2D eigenvalue weighted by atomic mass is 10.2. The summed E-state index contributed by atoms with van der Waals surface area (Å²) in [6, 6.07) is 9.47. The molecule has 4 nitrogen and oxygen atoms in total. The maximum absolute atomic E-state index is 10.7. The van der Waals surface area contributed by atoms with Gasteiger partial charge in [0.25, 0.3) is 0 Å². The molecule has 0 radical (unpaired) electrons. The molecule has 0 saturated carbocycles. The molecule has 1 aromatic heterocycles. The number of methoxy groups -OCH3 is 1. The summed E-state index contributed by atoms with van der Waals surface area (Å²) in [7, 11) is 1.68. The molecular weight excluding hydrogens is 312 g/mol. The van der Waals surface area contributed by atoms with Crippen molar-refractivity contribution in [1.29, 1.82) is 5.26 Å². The zero-order valence-corrected chi connectivity index (χ0v) is 15.0. The second-order valence-electron chi connectivity index (χ2n) is 5.12. The second-order valence-corrected chi connectivity index (χ2v) is 5.12. The Kier molecular flexibility index (Phi) is 8.70. The quantitative estimate of drug-likeness (QED) is 0.789. The van der Waals surface area contributed by atoms with E-state index >= 15 is 0 Å². The third-order valence-corrected chi connectivity index (χ3v) is 3.48. The summed E-state index contributed by atoms with van der Waals surface area (Å²) < 4.78 is 6.48. The minimum Gasteiger partial charge on any atom is -0.385 e. The Morgan fingerprint density at radius 2 is 1.92 bits per heavy atom. The van der Waals surface area contributed by atoms with Gasteiger partial charge in [-0.1, -0.05) is 25.7 Å². The molecule has 0 spiro atoms. The summed E-state index contributed by atoms with van der Waals surface area (Å²) in [5.74, 6) is 0. The molecule has 0 amide bonds. The minimum absolute atomic E-state index is 0.626. The molecule has 0 aliphatic rings. The molecule has 4 heteroatoms. The number of nitriles is 1. The first-order chi connectivity index (χ1) is 12.2. The maximum atomic E-state index is 10.7. The number of hydrogen-bond acceptors (Lipinski definition) is 3. The van der Waals surface area contributed by atoms with E-state index in [1.165, 1.54) is 0 Å². The number of benzene rings is 1. The molecule has 0 fully saturated rings. The van der Waals surface area contributed by atoms with Gasteiger partial charge in [0.2, 0.25) is 0 Å². The zero-order chi connectivity index (χ0) is 18.7. The summed E-state index contributed by atoms with van der Waals surface area (Å²) in [5, 5.41) is 11.1. The van der Waals surface area contributed by atoms with E-state index in [4.69, 9.17) is 0 Å². The van der Waals surface area contributed by atoms with Crippen LogP contribution in [0.2, 0.25) is 0 Å². The number of ether oxygens (including phenoxy) is 1. The van der Waals surface area contributed by atoms with Crippen molar-refractivity contribution in [3.63, 3.8) is 0 Å². The van der Waals surface area contributed by atoms with E-state index in [9.17, 15) is 10.1 Å². The van der Waals surface area contributed by atoms with Gasteiger partial charge in [-0.05, 0) is 43.7 Å². The number of hydrogen-bond donors (Lipinski definition) is 0. The van der Waals surface area contributed by atoms with Crippen LogP contribution in [-0.4, -0.2) is 24.6 Å². The summed E-state index contributed by atoms with van der Waals surface area (Å²) in [5.41, 5.74) is 2.16. The molecule has 0 N–H and O–H groups in total. The highest BCUT2D eigenvalue weighted by atomic mass is 16.5. The van der Waals surface area contributed by atoms with Gasteiger partial charge in [0.15, 0.2) is 0 Å². The molecular formula is C21H24N2O2. The standard InChI is InChI=1S/C18H16N2O.C3H8O/c1-3-5-17-15(11-19)12-20(18(17)6-4-2)16-9-7-14(13-21)8-10-16;1-3-4-2/h4-10,12-13H,2-3H2,1H3;3H2,1-2H3/b17-5-,18-6+;. The van der Waals surface area contributed by atoms with E-state index in [-0.39, 0.29) is 0 Å². The summed E-state index contributed by atoms with van der Waals surface area (Å²) >= 11 is 0. The fraction of sp³-hybridized carbons (Fsp3) is 0.238. The Bertz CT molecular complexity index is 851. The lowest BCUT2D eigenvalue weighted by Gasteiger charge is -2.03. The van der Waals surface area contributed by atoms with Crippen LogP contribution in [-0.2, 0) is 4.74 Å². The number of carbonyl (C=O) groups is 1. The van der Waals surface area contributed by atoms with Crippen molar-refractivity contribution in [2.75, 3.05) is 13.7 Å². The first-order valence-electron chi connectivity index (χ1n) is 8.15. The molecule has 0 bridgehead atoms. The highest BCUT2D eigenvalue weighted by molar-refractivity contribution is 5.75. The molecule has 2 rings (SSSR count). The number of rotatable bonds is 5. The lowest BCUT2D eigenvalue weighted by molar-refractivity contribution is 0.112. The first-order valence-corrected chi connectivity index (χ1v) is 8.15. The van der Waals surface area contributed by atoms with Crippen molar-refractivity contribution in [1.82, 2.24) is 4.57 Å². The van der Waals surface area contributed by atoms with Crippen LogP contribution < -0.4 is 10.6 Å². The second kappa shape index (κ2) is 10.8. The number of nitrogens with zero attached hydrogens (tertiary/aromatic N) is 2. The van der Waals surface area contributed by atoms with E-state index < -0.39 is 0 Å². The third kappa shape index (κ3) is 5.30. The fourth-order valence-electron chi connectivity index (χ4n) is 2.25. The summed E-state index contributed by atoms with van der Waals surface area (Å²) in [6.07, 6.45) is 9.10. The van der Waals surface area contributed by atoms with Gasteiger partial charge in [-0.15, -0.1) is 0 Å². The Morgan fingerprint density at radius 1 is 1.28 bits per heavy atom. The predicted molar refractivity (Wildman–Crippen MR) is 102 cm³/mol. The van der Waals surface area contributed by atoms with Crippen LogP contribution in [0.1, 0.15) is 36.2 Å². The lowest BCUT2D eigenvalue weighted by Crippen LogP contribution is -2.29. The van der Waals surface area contributed by atoms with E-state index in [1.807, 2.05) is 48.9 Å². The van der Waals surface area contributed by atoms with Crippen LogP contribution in [0, 0.1) is 11.3 Å². The van der Waals surface area contributed by atoms with Gasteiger partial charge in [0.05, 0.1) is 10.9 Å². The van der Waals surface area contributed by atoms with E-state index in [2.05, 4.69) is 17.4 Å². The molecule has 0 atom stereocenters. The summed E-state index contributed by atoms with van der Waals surface area (Å²) in [4.78, 5) is 10.7. The highest BCUT2D eigenvalue weighted by Gasteiger charge is 2.05. The molecule has 0 aliphatic carbocycles. The van der Waals surface area contributed by atoms with Crippen molar-refractivity contribution in [2.24, 2.45) is 0 Å². The Balaban J connectivity index is 0.000000705. The van der Waals surface area contributed by atoms with Crippen LogP contribution in [0.4, 0.5) is 0 Å². The van der Waals surface area contributed by atoms with Crippen LogP contribution in [0.3, 0.4) is 0 Å². The fourth-order valence-corrected chi connectivity index (χ4v) is 2.25. The highest BCUT2D eigenvalue weighted by Crippen LogP contribution is 2.07. The molecule has 0 unspecified atom stereocenters. The van der Waals surface area contributed by atoms with Crippen LogP contribution in [0.15, 0.2) is 43.1 Å². The molecule has 0 saturated heterocycles. The van der Waals surface area contributed by atoms with Gasteiger partial charge < -0.3 is 9.30 Å². The molecule has 130 valence electrons. The largest absolute Gasteiger partial charge is 0.385 e. The van der Waals surface area contributed by atoms with Gasteiger partial charge >= 0.3 is 0 Å². The Morgan fingerprint density at radius 3 is 2.36 bits per heavy atom. The SMILES string of the molecule is C=C/C=c1\c(=C/CC)c(C#N)cn1-c1ccc(C=O)cc1.CCOC. The van der Waals surface area contributed by atoms with Gasteiger partial charge in [0.1, 0.15) is 12.4 Å². The van der Waals surface area contributed by atoms with Crippen molar-refractivity contribution in [3.8, 4) is 11.8 Å². The van der Waals surface area contributed by atoms with Crippen molar-refractivity contribution in [2.45, 2.75) is 20.3 Å². The van der Waals surface area contributed by atoms with Gasteiger partial charge in [-0.25, -0.2) is 0 Å². The molecule has 25 heavy (non-hydrogen) atoms. The number of carbonyl (C=O) groups excluding carboxylic acids is 1. The maximum Gasteiger partial charge on any atom is 0.150 e. The van der Waals surface area contributed by atoms with Gasteiger partial charge in [-0.3, -0.25) is 4.79 Å². The number of allylic oxidation sites excluding steroid dienone is 1. The van der Waals surface area contributed by atoms with Crippen LogP contribution >= 0.6 is 0 Å². The number of aromatic nitrogens is 1. The molecule has 1 heterocycles. The minimum atomic E-state index is 0.626. The normalized spacial score (nSPS) is 11.4. The molecule has 2 aromatic rings. The van der Waals surface area contributed by atoms with Crippen molar-refractivity contribution in [3.05, 3.63) is 64.8 Å². The average Bonchev–Trinajstić information content (AvgIpc) is 3.00. The van der Waals surface area contributed by atoms with Crippen molar-refractivity contribution < 1.29 is 9.53 Å². The summed E-state index contributed by atoms with van der Waals surface area (Å²) in [6.45, 7) is 8.56. The van der Waals surface area contributed by atoms with Crippen LogP contribution in [0.5, 0.6) is 0 Å². The van der Waals surface area contributed by atoms with Crippen LogP contribution in [0.25, 0.3) is 17.8 Å².